The van der Waals surface area contributed by atoms with Crippen LogP contribution in [0.15, 0.2) is 59.4 Å². The van der Waals surface area contributed by atoms with Crippen LogP contribution in [0.2, 0.25) is 0 Å². The van der Waals surface area contributed by atoms with E-state index in [1.165, 1.54) is 4.90 Å². The molecule has 184 valence electrons. The molecule has 35 heavy (non-hydrogen) atoms. The summed E-state index contributed by atoms with van der Waals surface area (Å²) < 4.78 is 5.16. The van der Waals surface area contributed by atoms with Gasteiger partial charge in [0, 0.05) is 27.1 Å². The van der Waals surface area contributed by atoms with E-state index >= 15 is 0 Å². The van der Waals surface area contributed by atoms with Gasteiger partial charge < -0.3 is 25.4 Å². The molecule has 0 saturated carbocycles. The Morgan fingerprint density at radius 3 is 2.40 bits per heavy atom. The second-order valence-corrected chi connectivity index (χ2v) is 8.16. The van der Waals surface area contributed by atoms with E-state index in [1.54, 1.807) is 38.4 Å². The predicted molar refractivity (Wildman–Crippen MR) is 131 cm³/mol. The lowest BCUT2D eigenvalue weighted by atomic mass is 10.0. The molecule has 1 heterocycles. The first-order valence-electron chi connectivity index (χ1n) is 11.0. The first-order chi connectivity index (χ1) is 16.7. The number of H-pyrrole nitrogens is 1. The number of benzene rings is 2. The van der Waals surface area contributed by atoms with Gasteiger partial charge in [-0.05, 0) is 29.2 Å². The number of hydrogen-bond acceptors (Lipinski definition) is 8. The van der Waals surface area contributed by atoms with Gasteiger partial charge in [-0.1, -0.05) is 49.4 Å². The molecule has 3 aromatic rings. The zero-order chi connectivity index (χ0) is 25.4. The molecule has 0 aliphatic heterocycles. The normalized spacial score (nSPS) is 12.3. The number of aliphatic carboxylic acids is 1. The molecule has 0 aliphatic carbocycles. The van der Waals surface area contributed by atoms with Crippen molar-refractivity contribution in [1.82, 2.24) is 19.9 Å². The second kappa shape index (κ2) is 11.6. The third kappa shape index (κ3) is 7.56. The van der Waals surface area contributed by atoms with Crippen molar-refractivity contribution >= 4 is 24.0 Å². The minimum atomic E-state index is -1.13. The van der Waals surface area contributed by atoms with Crippen molar-refractivity contribution in [2.45, 2.75) is 25.3 Å². The summed E-state index contributed by atoms with van der Waals surface area (Å²) in [6.07, 6.45) is -0.432. The summed E-state index contributed by atoms with van der Waals surface area (Å²) in [7, 11) is 3.14. The number of aromatic amines is 1. The number of ether oxygens (including phenoxy) is 1. The van der Waals surface area contributed by atoms with E-state index in [4.69, 9.17) is 4.74 Å². The number of nitrogens with zero attached hydrogens (tertiary/aromatic N) is 3. The quantitative estimate of drug-likeness (QED) is 0.343. The maximum absolute atomic E-state index is 12.0. The lowest BCUT2D eigenvalue weighted by Crippen LogP contribution is -2.33. The first kappa shape index (κ1) is 25.2. The average Bonchev–Trinajstić information content (AvgIpc) is 2.83. The molecule has 2 atom stereocenters. The van der Waals surface area contributed by atoms with Crippen molar-refractivity contribution in [3.05, 3.63) is 76.2 Å². The molecular formula is C24H28N6O5. The Morgan fingerprint density at radius 1 is 1.09 bits per heavy atom. The van der Waals surface area contributed by atoms with E-state index in [0.717, 1.165) is 5.56 Å². The van der Waals surface area contributed by atoms with Crippen LogP contribution in [-0.2, 0) is 11.2 Å². The number of hydrogen-bond donors (Lipinski definition) is 4. The zero-order valence-corrected chi connectivity index (χ0v) is 19.7. The summed E-state index contributed by atoms with van der Waals surface area (Å²) in [6.45, 7) is 2.54. The number of anilines is 2. The van der Waals surface area contributed by atoms with Gasteiger partial charge >= 0.3 is 17.8 Å². The third-order valence-electron chi connectivity index (χ3n) is 5.13. The number of rotatable bonds is 10. The van der Waals surface area contributed by atoms with Crippen LogP contribution in [0, 0.1) is 0 Å². The first-order valence-corrected chi connectivity index (χ1v) is 11.0. The summed E-state index contributed by atoms with van der Waals surface area (Å²) in [5.41, 5.74) is 1.14. The molecule has 0 saturated heterocycles. The number of aromatic nitrogens is 3. The molecule has 3 rings (SSSR count). The average molecular weight is 481 g/mol. The molecule has 2 aromatic carbocycles. The van der Waals surface area contributed by atoms with Gasteiger partial charge in [-0.2, -0.15) is 9.97 Å². The Bertz CT molecular complexity index is 1200. The molecule has 0 radical (unpaired) electrons. The topological polar surface area (TPSA) is 150 Å². The molecule has 1 amide bonds. The molecule has 1 unspecified atom stereocenters. The van der Waals surface area contributed by atoms with Crippen LogP contribution in [-0.4, -0.2) is 63.7 Å². The lowest BCUT2D eigenvalue weighted by Gasteiger charge is -2.16. The Kier molecular flexibility index (Phi) is 8.38. The van der Waals surface area contributed by atoms with Crippen LogP contribution in [0.4, 0.5) is 16.7 Å². The highest BCUT2D eigenvalue weighted by Crippen LogP contribution is 2.17. The molecule has 0 fully saturated rings. The van der Waals surface area contributed by atoms with Crippen molar-refractivity contribution < 1.29 is 19.4 Å². The molecule has 4 N–H and O–H groups in total. The number of carboxylic acids is 1. The molecule has 0 aliphatic rings. The highest BCUT2D eigenvalue weighted by Gasteiger charge is 2.20. The minimum Gasteiger partial charge on any atom is -0.480 e. The summed E-state index contributed by atoms with van der Waals surface area (Å²) in [4.78, 5) is 47.3. The predicted octanol–water partition coefficient (Wildman–Crippen LogP) is 2.55. The van der Waals surface area contributed by atoms with Gasteiger partial charge in [-0.25, -0.2) is 14.4 Å². The Hall–Kier alpha value is -4.41. The highest BCUT2D eigenvalue weighted by molar-refractivity contribution is 5.77. The summed E-state index contributed by atoms with van der Waals surface area (Å²) in [5, 5.41) is 15.5. The smallest absolute Gasteiger partial charge is 0.414 e. The van der Waals surface area contributed by atoms with E-state index in [2.05, 4.69) is 25.6 Å². The highest BCUT2D eigenvalue weighted by atomic mass is 16.6. The van der Waals surface area contributed by atoms with E-state index in [9.17, 15) is 19.5 Å². The molecular weight excluding hydrogens is 452 g/mol. The number of nitrogens with one attached hydrogen (secondary N) is 3. The number of carbonyl (C=O) groups is 2. The van der Waals surface area contributed by atoms with Crippen LogP contribution in [0.3, 0.4) is 0 Å². The fourth-order valence-electron chi connectivity index (χ4n) is 3.16. The van der Waals surface area contributed by atoms with Gasteiger partial charge in [0.2, 0.25) is 11.9 Å². The van der Waals surface area contributed by atoms with E-state index in [-0.39, 0.29) is 24.2 Å². The summed E-state index contributed by atoms with van der Waals surface area (Å²) >= 11 is 0. The van der Waals surface area contributed by atoms with Crippen LogP contribution in [0.25, 0.3) is 0 Å². The molecule has 1 aromatic heterocycles. The van der Waals surface area contributed by atoms with Crippen molar-refractivity contribution in [3.63, 3.8) is 0 Å². The van der Waals surface area contributed by atoms with Crippen molar-refractivity contribution in [2.75, 3.05) is 31.3 Å². The van der Waals surface area contributed by atoms with E-state index in [0.29, 0.717) is 17.9 Å². The van der Waals surface area contributed by atoms with Crippen LogP contribution < -0.4 is 21.1 Å². The standard InChI is InChI=1S/C24H28N6O5/c1-15(17-7-5-4-6-8-17)14-25-21-27-22(29-23(33)28-21)26-19(20(31)32)13-16-9-11-18(12-10-16)35-24(34)30(2)3/h4-12,15,19H,13-14H2,1-3H3,(H,31,32)(H3,25,26,27,28,29,33)/t15?,19-/m0/s1. The largest absolute Gasteiger partial charge is 0.480 e. The summed E-state index contributed by atoms with van der Waals surface area (Å²) in [5.74, 6) is -0.563. The number of carbonyl (C=O) groups excluding carboxylic acids is 1. The molecule has 0 bridgehead atoms. The number of carboxylic acid groups (broad SMARTS) is 1. The van der Waals surface area contributed by atoms with Gasteiger partial charge in [0.05, 0.1) is 0 Å². The second-order valence-electron chi connectivity index (χ2n) is 8.16. The monoisotopic (exact) mass is 480 g/mol. The summed E-state index contributed by atoms with van der Waals surface area (Å²) in [6, 6.07) is 15.3. The maximum atomic E-state index is 12.0. The Labute approximate surface area is 202 Å². The van der Waals surface area contributed by atoms with Gasteiger partial charge in [-0.15, -0.1) is 0 Å². The molecule has 0 spiro atoms. The van der Waals surface area contributed by atoms with Gasteiger partial charge in [0.15, 0.2) is 0 Å². The van der Waals surface area contributed by atoms with Crippen molar-refractivity contribution in [2.24, 2.45) is 0 Å². The fraction of sp³-hybridized carbons (Fsp3) is 0.292. The van der Waals surface area contributed by atoms with E-state index in [1.807, 2.05) is 37.3 Å². The fourth-order valence-corrected chi connectivity index (χ4v) is 3.16. The van der Waals surface area contributed by atoms with Crippen LogP contribution >= 0.6 is 0 Å². The van der Waals surface area contributed by atoms with Crippen LogP contribution in [0.5, 0.6) is 5.75 Å². The molecule has 11 nitrogen and oxygen atoms in total. The molecule has 11 heteroatoms. The Morgan fingerprint density at radius 2 is 1.77 bits per heavy atom. The lowest BCUT2D eigenvalue weighted by molar-refractivity contribution is -0.137. The maximum Gasteiger partial charge on any atom is 0.414 e. The SMILES string of the molecule is CC(CNc1nc(N[C@@H](Cc2ccc(OC(=O)N(C)C)cc2)C(=O)O)nc(=O)[nH]1)c1ccccc1. The van der Waals surface area contributed by atoms with Gasteiger partial charge in [0.1, 0.15) is 11.8 Å². The zero-order valence-electron chi connectivity index (χ0n) is 19.7. The van der Waals surface area contributed by atoms with E-state index < -0.39 is 23.8 Å². The Balaban J connectivity index is 1.65. The van der Waals surface area contributed by atoms with Gasteiger partial charge in [0.25, 0.3) is 0 Å². The van der Waals surface area contributed by atoms with Gasteiger partial charge in [-0.3, -0.25) is 4.98 Å². The van der Waals surface area contributed by atoms with Crippen molar-refractivity contribution in [3.8, 4) is 5.75 Å². The van der Waals surface area contributed by atoms with Crippen molar-refractivity contribution in [1.29, 1.82) is 0 Å². The van der Waals surface area contributed by atoms with Crippen LogP contribution in [0.1, 0.15) is 24.0 Å². The minimum absolute atomic E-state index is 0.0845. The number of amides is 1. The third-order valence-corrected chi connectivity index (χ3v) is 5.13.